The molecule has 2 rings (SSSR count). The van der Waals surface area contributed by atoms with E-state index in [1.807, 2.05) is 13.8 Å². The van der Waals surface area contributed by atoms with Crippen LogP contribution in [0.15, 0.2) is 22.6 Å². The van der Waals surface area contributed by atoms with Crippen molar-refractivity contribution in [1.29, 1.82) is 0 Å². The van der Waals surface area contributed by atoms with Gasteiger partial charge in [0.25, 0.3) is 0 Å². The fourth-order valence-corrected chi connectivity index (χ4v) is 2.02. The SMILES string of the molecule is Cc1ocnc1C(=O)OC1=CC(=O)CC(C)(C)C1. The van der Waals surface area contributed by atoms with Crippen molar-refractivity contribution in [2.24, 2.45) is 5.41 Å². The Bertz CT molecular complexity index is 525. The van der Waals surface area contributed by atoms with Gasteiger partial charge in [0.1, 0.15) is 11.5 Å². The van der Waals surface area contributed by atoms with Gasteiger partial charge in [-0.15, -0.1) is 0 Å². The monoisotopic (exact) mass is 249 g/mol. The zero-order valence-electron chi connectivity index (χ0n) is 10.6. The number of aryl methyl sites for hydroxylation is 1. The molecule has 1 aromatic heterocycles. The van der Waals surface area contributed by atoms with Gasteiger partial charge in [-0.1, -0.05) is 13.8 Å². The summed E-state index contributed by atoms with van der Waals surface area (Å²) in [5.74, 6) is 0.189. The first kappa shape index (κ1) is 12.5. The molecule has 1 heterocycles. The molecule has 5 heteroatoms. The van der Waals surface area contributed by atoms with Crippen LogP contribution in [-0.2, 0) is 9.53 Å². The average molecular weight is 249 g/mol. The van der Waals surface area contributed by atoms with Crippen molar-refractivity contribution in [3.63, 3.8) is 0 Å². The molecule has 0 radical (unpaired) electrons. The van der Waals surface area contributed by atoms with Gasteiger partial charge in [0.15, 0.2) is 17.9 Å². The number of carbonyl (C=O) groups excluding carboxylic acids is 2. The Kier molecular flexibility index (Phi) is 3.07. The standard InChI is InChI=1S/C13H15NO4/c1-8-11(14-7-17-8)12(16)18-10-4-9(15)5-13(2,3)6-10/h4,7H,5-6H2,1-3H3. The van der Waals surface area contributed by atoms with E-state index >= 15 is 0 Å². The van der Waals surface area contributed by atoms with E-state index in [0.717, 1.165) is 0 Å². The van der Waals surface area contributed by atoms with Gasteiger partial charge in [-0.3, -0.25) is 4.79 Å². The van der Waals surface area contributed by atoms with Crippen molar-refractivity contribution in [2.45, 2.75) is 33.6 Å². The van der Waals surface area contributed by atoms with Crippen LogP contribution in [0, 0.1) is 12.3 Å². The molecule has 0 fully saturated rings. The molecule has 5 nitrogen and oxygen atoms in total. The number of nitrogens with zero attached hydrogens (tertiary/aromatic N) is 1. The molecule has 0 aromatic carbocycles. The van der Waals surface area contributed by atoms with Crippen molar-refractivity contribution < 1.29 is 18.7 Å². The van der Waals surface area contributed by atoms with Crippen LogP contribution in [-0.4, -0.2) is 16.7 Å². The fourth-order valence-electron chi connectivity index (χ4n) is 2.02. The predicted molar refractivity (Wildman–Crippen MR) is 62.8 cm³/mol. The van der Waals surface area contributed by atoms with Crippen LogP contribution in [0.5, 0.6) is 0 Å². The summed E-state index contributed by atoms with van der Waals surface area (Å²) in [7, 11) is 0. The molecule has 0 N–H and O–H groups in total. The summed E-state index contributed by atoms with van der Waals surface area (Å²) in [6.07, 6.45) is 3.60. The highest BCUT2D eigenvalue weighted by Crippen LogP contribution is 2.34. The molecule has 0 spiro atoms. The van der Waals surface area contributed by atoms with Gasteiger partial charge in [-0.2, -0.15) is 0 Å². The third-order valence-electron chi connectivity index (χ3n) is 2.79. The predicted octanol–water partition coefficient (Wildman–Crippen LogP) is 2.41. The summed E-state index contributed by atoms with van der Waals surface area (Å²) in [4.78, 5) is 27.1. The van der Waals surface area contributed by atoms with Crippen molar-refractivity contribution in [3.8, 4) is 0 Å². The lowest BCUT2D eigenvalue weighted by Gasteiger charge is -2.27. The molecular formula is C13H15NO4. The third-order valence-corrected chi connectivity index (χ3v) is 2.79. The van der Waals surface area contributed by atoms with Crippen LogP contribution in [0.2, 0.25) is 0 Å². The van der Waals surface area contributed by atoms with Crippen LogP contribution in [0.1, 0.15) is 42.9 Å². The minimum Gasteiger partial charge on any atom is -0.448 e. The minimum atomic E-state index is -0.585. The van der Waals surface area contributed by atoms with Gasteiger partial charge in [-0.25, -0.2) is 9.78 Å². The zero-order chi connectivity index (χ0) is 13.3. The quantitative estimate of drug-likeness (QED) is 0.753. The number of rotatable bonds is 2. The van der Waals surface area contributed by atoms with Gasteiger partial charge in [0.05, 0.1) is 0 Å². The van der Waals surface area contributed by atoms with Crippen LogP contribution >= 0.6 is 0 Å². The Labute approximate surface area is 105 Å². The molecule has 0 aliphatic heterocycles. The van der Waals surface area contributed by atoms with E-state index in [4.69, 9.17) is 9.15 Å². The lowest BCUT2D eigenvalue weighted by molar-refractivity contribution is -0.117. The van der Waals surface area contributed by atoms with E-state index < -0.39 is 5.97 Å². The van der Waals surface area contributed by atoms with Gasteiger partial charge >= 0.3 is 5.97 Å². The topological polar surface area (TPSA) is 69.4 Å². The number of esters is 1. The Morgan fingerprint density at radius 3 is 2.72 bits per heavy atom. The lowest BCUT2D eigenvalue weighted by atomic mass is 9.79. The summed E-state index contributed by atoms with van der Waals surface area (Å²) in [6.45, 7) is 5.56. The second-order valence-electron chi connectivity index (χ2n) is 5.24. The molecule has 18 heavy (non-hydrogen) atoms. The summed E-state index contributed by atoms with van der Waals surface area (Å²) < 4.78 is 10.1. The summed E-state index contributed by atoms with van der Waals surface area (Å²) in [6, 6.07) is 0. The summed E-state index contributed by atoms with van der Waals surface area (Å²) in [5.41, 5.74) is -0.0351. The van der Waals surface area contributed by atoms with Gasteiger partial charge in [0.2, 0.25) is 0 Å². The zero-order valence-corrected chi connectivity index (χ0v) is 10.6. The maximum atomic E-state index is 11.8. The van der Waals surface area contributed by atoms with Crippen molar-refractivity contribution in [2.75, 3.05) is 0 Å². The molecule has 0 bridgehead atoms. The van der Waals surface area contributed by atoms with Gasteiger partial charge in [0, 0.05) is 18.9 Å². The van der Waals surface area contributed by atoms with Gasteiger partial charge < -0.3 is 9.15 Å². The Morgan fingerprint density at radius 2 is 2.17 bits per heavy atom. The van der Waals surface area contributed by atoms with Crippen LogP contribution < -0.4 is 0 Å². The number of carbonyl (C=O) groups is 2. The van der Waals surface area contributed by atoms with Gasteiger partial charge in [-0.05, 0) is 12.3 Å². The van der Waals surface area contributed by atoms with E-state index in [0.29, 0.717) is 24.4 Å². The van der Waals surface area contributed by atoms with E-state index in [-0.39, 0.29) is 16.9 Å². The molecule has 96 valence electrons. The first-order valence-corrected chi connectivity index (χ1v) is 5.73. The van der Waals surface area contributed by atoms with Crippen LogP contribution in [0.25, 0.3) is 0 Å². The van der Waals surface area contributed by atoms with Crippen molar-refractivity contribution in [3.05, 3.63) is 29.7 Å². The first-order chi connectivity index (χ1) is 8.37. The van der Waals surface area contributed by atoms with E-state index in [1.165, 1.54) is 12.5 Å². The maximum absolute atomic E-state index is 11.8. The number of allylic oxidation sites excluding steroid dienone is 2. The average Bonchev–Trinajstić information content (AvgIpc) is 2.60. The number of hydrogen-bond acceptors (Lipinski definition) is 5. The summed E-state index contributed by atoms with van der Waals surface area (Å²) in [5, 5.41) is 0. The smallest absolute Gasteiger partial charge is 0.365 e. The van der Waals surface area contributed by atoms with Crippen molar-refractivity contribution >= 4 is 11.8 Å². The summed E-state index contributed by atoms with van der Waals surface area (Å²) >= 11 is 0. The van der Waals surface area contributed by atoms with E-state index in [1.54, 1.807) is 6.92 Å². The number of oxazole rings is 1. The highest BCUT2D eigenvalue weighted by atomic mass is 16.5. The third kappa shape index (κ3) is 2.67. The van der Waals surface area contributed by atoms with Crippen LogP contribution in [0.3, 0.4) is 0 Å². The molecule has 0 atom stereocenters. The minimum absolute atomic E-state index is 0.0223. The number of ether oxygens (including phenoxy) is 1. The Hall–Kier alpha value is -1.91. The first-order valence-electron chi connectivity index (χ1n) is 5.73. The lowest BCUT2D eigenvalue weighted by Crippen LogP contribution is -2.24. The molecule has 0 saturated carbocycles. The van der Waals surface area contributed by atoms with E-state index in [2.05, 4.69) is 4.98 Å². The molecule has 1 aliphatic carbocycles. The maximum Gasteiger partial charge on any atom is 0.365 e. The largest absolute Gasteiger partial charge is 0.448 e. The molecule has 0 unspecified atom stereocenters. The van der Waals surface area contributed by atoms with Crippen LogP contribution in [0.4, 0.5) is 0 Å². The highest BCUT2D eigenvalue weighted by molar-refractivity contribution is 5.93. The number of aromatic nitrogens is 1. The van der Waals surface area contributed by atoms with Crippen molar-refractivity contribution in [1.82, 2.24) is 4.98 Å². The Morgan fingerprint density at radius 1 is 1.44 bits per heavy atom. The van der Waals surface area contributed by atoms with E-state index in [9.17, 15) is 9.59 Å². The molecular weight excluding hydrogens is 234 g/mol. The highest BCUT2D eigenvalue weighted by Gasteiger charge is 2.30. The normalized spacial score (nSPS) is 18.4. The molecule has 0 saturated heterocycles. The second kappa shape index (κ2) is 4.40. The molecule has 0 amide bonds. The Balaban J connectivity index is 2.13. The fraction of sp³-hybridized carbons (Fsp3) is 0.462. The molecule has 1 aromatic rings. The number of hydrogen-bond donors (Lipinski definition) is 0. The second-order valence-corrected chi connectivity index (χ2v) is 5.24. The molecule has 1 aliphatic rings. The number of ketones is 1.